The first-order valence-electron chi connectivity index (χ1n) is 8.35. The molecule has 4 rings (SSSR count). The Morgan fingerprint density at radius 1 is 1.15 bits per heavy atom. The molecule has 0 saturated carbocycles. The SMILES string of the molecule is CCn1ncc2c3c(NCc4ccc(OC)c(Cl)c4)nnc(Cl)c3cnc21. The van der Waals surface area contributed by atoms with Gasteiger partial charge in [0.15, 0.2) is 16.6 Å². The normalized spacial score (nSPS) is 11.3. The van der Waals surface area contributed by atoms with Crippen LogP contribution in [-0.4, -0.2) is 32.1 Å². The van der Waals surface area contributed by atoms with Gasteiger partial charge in [-0.3, -0.25) is 0 Å². The molecule has 0 amide bonds. The fourth-order valence-electron chi connectivity index (χ4n) is 3.00. The molecule has 3 heterocycles. The molecule has 0 aliphatic carbocycles. The summed E-state index contributed by atoms with van der Waals surface area (Å²) in [6.45, 7) is 3.25. The van der Waals surface area contributed by atoms with Gasteiger partial charge in [-0.15, -0.1) is 10.2 Å². The summed E-state index contributed by atoms with van der Waals surface area (Å²) in [6, 6.07) is 5.62. The number of methoxy groups -OCH3 is 1. The van der Waals surface area contributed by atoms with E-state index in [0.29, 0.717) is 28.3 Å². The number of benzene rings is 1. The standard InChI is InChI=1S/C18H16Cl2N6O/c1-3-26-18-12(9-23-26)15-11(8-22-18)16(20)24-25-17(15)21-7-10-4-5-14(27-2)13(19)6-10/h4-6,8-9H,3,7H2,1-2H3,(H,21,25). The molecular formula is C18H16Cl2N6O. The molecule has 9 heteroatoms. The van der Waals surface area contributed by atoms with Crippen molar-refractivity contribution in [3.05, 3.63) is 46.3 Å². The van der Waals surface area contributed by atoms with Gasteiger partial charge >= 0.3 is 0 Å². The molecular weight excluding hydrogens is 387 g/mol. The minimum atomic E-state index is 0.307. The molecule has 1 aromatic carbocycles. The Balaban J connectivity index is 1.76. The number of hydrogen-bond donors (Lipinski definition) is 1. The van der Waals surface area contributed by atoms with E-state index in [1.165, 1.54) is 0 Å². The fourth-order valence-corrected chi connectivity index (χ4v) is 3.46. The molecule has 3 aromatic heterocycles. The first kappa shape index (κ1) is 17.8. The molecule has 7 nitrogen and oxygen atoms in total. The van der Waals surface area contributed by atoms with Crippen LogP contribution >= 0.6 is 23.2 Å². The van der Waals surface area contributed by atoms with Crippen LogP contribution in [0.2, 0.25) is 10.2 Å². The second-order valence-electron chi connectivity index (χ2n) is 5.91. The van der Waals surface area contributed by atoms with E-state index in [-0.39, 0.29) is 0 Å². The van der Waals surface area contributed by atoms with Crippen LogP contribution in [0.25, 0.3) is 21.8 Å². The van der Waals surface area contributed by atoms with Gasteiger partial charge in [-0.1, -0.05) is 29.3 Å². The first-order valence-corrected chi connectivity index (χ1v) is 9.10. The second kappa shape index (κ2) is 7.17. The quantitative estimate of drug-likeness (QED) is 0.535. The zero-order valence-electron chi connectivity index (χ0n) is 14.7. The molecule has 0 atom stereocenters. The zero-order chi connectivity index (χ0) is 19.0. The van der Waals surface area contributed by atoms with E-state index >= 15 is 0 Å². The number of rotatable bonds is 5. The number of fused-ring (bicyclic) bond motifs is 3. The number of nitrogens with zero attached hydrogens (tertiary/aromatic N) is 5. The van der Waals surface area contributed by atoms with Crippen LogP contribution in [0.1, 0.15) is 12.5 Å². The van der Waals surface area contributed by atoms with E-state index in [1.807, 2.05) is 29.8 Å². The van der Waals surface area contributed by atoms with Gasteiger partial charge in [-0.2, -0.15) is 5.10 Å². The lowest BCUT2D eigenvalue weighted by Gasteiger charge is -2.11. The van der Waals surface area contributed by atoms with Crippen molar-refractivity contribution in [1.29, 1.82) is 0 Å². The molecule has 1 N–H and O–H groups in total. The third kappa shape index (κ3) is 3.13. The van der Waals surface area contributed by atoms with E-state index in [1.54, 1.807) is 19.5 Å². The molecule has 0 bridgehead atoms. The van der Waals surface area contributed by atoms with Crippen LogP contribution in [0, 0.1) is 0 Å². The number of anilines is 1. The summed E-state index contributed by atoms with van der Waals surface area (Å²) in [5.41, 5.74) is 1.77. The maximum absolute atomic E-state index is 6.24. The van der Waals surface area contributed by atoms with Crippen LogP contribution in [0.5, 0.6) is 5.75 Å². The summed E-state index contributed by atoms with van der Waals surface area (Å²) >= 11 is 12.4. The van der Waals surface area contributed by atoms with E-state index in [4.69, 9.17) is 27.9 Å². The Kier molecular flexibility index (Phi) is 4.72. The molecule has 0 spiro atoms. The summed E-state index contributed by atoms with van der Waals surface area (Å²) in [6.07, 6.45) is 3.49. The van der Waals surface area contributed by atoms with Gasteiger partial charge in [0.2, 0.25) is 0 Å². The molecule has 4 aromatic rings. The van der Waals surface area contributed by atoms with Crippen LogP contribution < -0.4 is 10.1 Å². The van der Waals surface area contributed by atoms with Crippen molar-refractivity contribution in [3.8, 4) is 5.75 Å². The Morgan fingerprint density at radius 3 is 2.74 bits per heavy atom. The summed E-state index contributed by atoms with van der Waals surface area (Å²) in [4.78, 5) is 4.48. The highest BCUT2D eigenvalue weighted by molar-refractivity contribution is 6.35. The minimum absolute atomic E-state index is 0.307. The average Bonchev–Trinajstić information content (AvgIpc) is 3.11. The fraction of sp³-hybridized carbons (Fsp3) is 0.222. The lowest BCUT2D eigenvalue weighted by molar-refractivity contribution is 0.415. The number of nitrogens with one attached hydrogen (secondary N) is 1. The monoisotopic (exact) mass is 402 g/mol. The number of halogens is 2. The first-order chi connectivity index (χ1) is 13.1. The van der Waals surface area contributed by atoms with Crippen LogP contribution in [0.15, 0.2) is 30.6 Å². The topological polar surface area (TPSA) is 77.8 Å². The van der Waals surface area contributed by atoms with Crippen molar-refractivity contribution < 1.29 is 4.74 Å². The van der Waals surface area contributed by atoms with Crippen LogP contribution in [0.4, 0.5) is 5.82 Å². The highest BCUT2D eigenvalue weighted by Gasteiger charge is 2.15. The van der Waals surface area contributed by atoms with Crippen molar-refractivity contribution in [3.63, 3.8) is 0 Å². The summed E-state index contributed by atoms with van der Waals surface area (Å²) in [5, 5.41) is 19.3. The van der Waals surface area contributed by atoms with Crippen molar-refractivity contribution >= 4 is 50.8 Å². The maximum atomic E-state index is 6.24. The van der Waals surface area contributed by atoms with E-state index in [9.17, 15) is 0 Å². The Morgan fingerprint density at radius 2 is 2.00 bits per heavy atom. The van der Waals surface area contributed by atoms with Crippen molar-refractivity contribution in [1.82, 2.24) is 25.0 Å². The van der Waals surface area contributed by atoms with Gasteiger partial charge in [0.25, 0.3) is 0 Å². The smallest absolute Gasteiger partial charge is 0.161 e. The Bertz CT molecular complexity index is 1140. The zero-order valence-corrected chi connectivity index (χ0v) is 16.2. The molecule has 0 aliphatic heterocycles. The number of hydrogen-bond acceptors (Lipinski definition) is 6. The molecule has 138 valence electrons. The lowest BCUT2D eigenvalue weighted by atomic mass is 10.1. The number of pyridine rings is 1. The van der Waals surface area contributed by atoms with E-state index < -0.39 is 0 Å². The minimum Gasteiger partial charge on any atom is -0.495 e. The van der Waals surface area contributed by atoms with E-state index in [2.05, 4.69) is 25.6 Å². The molecule has 0 fully saturated rings. The van der Waals surface area contributed by atoms with Gasteiger partial charge in [0, 0.05) is 30.1 Å². The van der Waals surface area contributed by atoms with Gasteiger partial charge in [-0.05, 0) is 24.6 Å². The largest absolute Gasteiger partial charge is 0.495 e. The third-order valence-corrected chi connectivity index (χ3v) is 4.91. The van der Waals surface area contributed by atoms with Crippen LogP contribution in [-0.2, 0) is 13.1 Å². The highest BCUT2D eigenvalue weighted by Crippen LogP contribution is 2.32. The van der Waals surface area contributed by atoms with Crippen molar-refractivity contribution in [2.24, 2.45) is 0 Å². The van der Waals surface area contributed by atoms with Gasteiger partial charge in [0.05, 0.1) is 23.7 Å². The molecule has 0 aliphatic rings. The van der Waals surface area contributed by atoms with Crippen molar-refractivity contribution in [2.75, 3.05) is 12.4 Å². The number of ether oxygens (including phenoxy) is 1. The van der Waals surface area contributed by atoms with Gasteiger partial charge < -0.3 is 10.1 Å². The summed E-state index contributed by atoms with van der Waals surface area (Å²) in [5.74, 6) is 1.25. The summed E-state index contributed by atoms with van der Waals surface area (Å²) in [7, 11) is 1.59. The lowest BCUT2D eigenvalue weighted by Crippen LogP contribution is -2.04. The molecule has 0 unspecified atom stereocenters. The third-order valence-electron chi connectivity index (χ3n) is 4.34. The van der Waals surface area contributed by atoms with Gasteiger partial charge in [-0.25, -0.2) is 9.67 Å². The number of aromatic nitrogens is 5. The maximum Gasteiger partial charge on any atom is 0.161 e. The highest BCUT2D eigenvalue weighted by atomic mass is 35.5. The Labute approximate surface area is 165 Å². The number of aryl methyl sites for hydroxylation is 1. The second-order valence-corrected chi connectivity index (χ2v) is 6.67. The molecule has 0 radical (unpaired) electrons. The van der Waals surface area contributed by atoms with Crippen LogP contribution in [0.3, 0.4) is 0 Å². The van der Waals surface area contributed by atoms with Crippen molar-refractivity contribution in [2.45, 2.75) is 20.0 Å². The van der Waals surface area contributed by atoms with Gasteiger partial charge in [0.1, 0.15) is 5.75 Å². The molecule has 27 heavy (non-hydrogen) atoms. The predicted molar refractivity (Wildman–Crippen MR) is 107 cm³/mol. The predicted octanol–water partition coefficient (Wildman–Crippen LogP) is 4.32. The summed E-state index contributed by atoms with van der Waals surface area (Å²) < 4.78 is 7.02. The molecule has 0 saturated heterocycles. The average molecular weight is 403 g/mol. The Hall–Kier alpha value is -2.64. The van der Waals surface area contributed by atoms with E-state index in [0.717, 1.165) is 33.9 Å².